The molecule has 434 valence electrons. The van der Waals surface area contributed by atoms with Crippen LogP contribution in [-0.4, -0.2) is 0 Å². The highest BCUT2D eigenvalue weighted by molar-refractivity contribution is 5.55. The first kappa shape index (κ1) is 57.7. The summed E-state index contributed by atoms with van der Waals surface area (Å²) in [6.45, 7) is 0. The van der Waals surface area contributed by atoms with Crippen molar-refractivity contribution < 1.29 is 0 Å². The number of rotatable bonds is 20. The second-order valence-electron chi connectivity index (χ2n) is 24.0. The molecule has 0 spiro atoms. The molecule has 0 saturated carbocycles. The van der Waals surface area contributed by atoms with Crippen LogP contribution in [0.2, 0.25) is 0 Å². The van der Waals surface area contributed by atoms with Gasteiger partial charge in [-0.25, -0.2) is 0 Å². The first-order valence-electron chi connectivity index (χ1n) is 32.0. The predicted molar refractivity (Wildman–Crippen MR) is 378 cm³/mol. The zero-order chi connectivity index (χ0) is 61.0. The average molecular weight is 1160 g/mol. The summed E-state index contributed by atoms with van der Waals surface area (Å²) in [6.07, 6.45) is 2.31. The quantitative estimate of drug-likeness (QED) is 0.0527. The standard InChI is InChI=1S/C91H71/c1-9-25-68(26-10-1)86(69-27-11-2-12-28-69)78-49-57-82(58-50-78)90(83-59-51-79(52-60-83)87(70-29-13-3-14-30-70)71-31-15-4-16-32-71)76-45-41-66(42-46-76)65-67-43-47-77(48-44-67)91(84-61-53-80(54-62-84)88(72-33-17-5-18-34-72)73-35-19-6-20-36-73)85-63-55-81(56-64-85)89(74-37-21-7-22-38-74)75-39-23-8-24-40-75/h1-65,86-91H/q+1. The molecule has 0 aliphatic heterocycles. The van der Waals surface area contributed by atoms with Gasteiger partial charge in [-0.05, 0) is 124 Å². The SMILES string of the molecule is c1ccc(C(c2ccccc2)c2ccc(C(c3ccc([CH+]c4ccc(C(c5ccc(C(c6ccccc6)c6ccccc6)cc5)c5ccc(C(c6ccccc6)c6ccccc6)cc5)cc4)cc3)c3ccc(C(c4ccccc4)c4ccccc4)cc3)cc2)cc1. The summed E-state index contributed by atoms with van der Waals surface area (Å²) in [5.41, 5.74) is 25.2. The van der Waals surface area contributed by atoms with E-state index in [9.17, 15) is 0 Å². The lowest BCUT2D eigenvalue weighted by Gasteiger charge is -2.23. The highest BCUT2D eigenvalue weighted by atomic mass is 14.3. The van der Waals surface area contributed by atoms with Crippen LogP contribution in [0.25, 0.3) is 0 Å². The lowest BCUT2D eigenvalue weighted by molar-refractivity contribution is 0.940. The third-order valence-corrected chi connectivity index (χ3v) is 18.3. The van der Waals surface area contributed by atoms with Gasteiger partial charge in [0.15, 0.2) is 0 Å². The Bertz CT molecular complexity index is 3790. The van der Waals surface area contributed by atoms with Gasteiger partial charge in [-0.2, -0.15) is 0 Å². The van der Waals surface area contributed by atoms with Crippen molar-refractivity contribution in [3.05, 3.63) is 506 Å². The first-order chi connectivity index (χ1) is 45.1. The van der Waals surface area contributed by atoms with Crippen molar-refractivity contribution in [1.29, 1.82) is 0 Å². The molecule has 0 heterocycles. The van der Waals surface area contributed by atoms with Gasteiger partial charge in [0.1, 0.15) is 0 Å². The summed E-state index contributed by atoms with van der Waals surface area (Å²) < 4.78 is 0. The smallest absolute Gasteiger partial charge is 0.0622 e. The van der Waals surface area contributed by atoms with E-state index in [2.05, 4.69) is 395 Å². The second-order valence-corrected chi connectivity index (χ2v) is 24.0. The van der Waals surface area contributed by atoms with Gasteiger partial charge in [0, 0.05) is 66.2 Å². The summed E-state index contributed by atoms with van der Waals surface area (Å²) in [6, 6.07) is 143. The van der Waals surface area contributed by atoms with Crippen LogP contribution in [0.15, 0.2) is 388 Å². The maximum Gasteiger partial charge on any atom is 0.0725 e. The van der Waals surface area contributed by atoms with E-state index in [1.165, 1.54) is 100 Å². The Morgan fingerprint density at radius 1 is 0.110 bits per heavy atom. The minimum atomic E-state index is 0.000393. The van der Waals surface area contributed by atoms with Gasteiger partial charge in [-0.1, -0.05) is 340 Å². The molecular formula is C91H71+. The molecule has 0 nitrogen and oxygen atoms in total. The minimum Gasteiger partial charge on any atom is -0.0622 e. The maximum atomic E-state index is 2.36. The summed E-state index contributed by atoms with van der Waals surface area (Å²) in [5.74, 6) is 0.471. The van der Waals surface area contributed by atoms with Gasteiger partial charge in [-0.3, -0.25) is 0 Å². The van der Waals surface area contributed by atoms with E-state index in [-0.39, 0.29) is 35.5 Å². The van der Waals surface area contributed by atoms with Crippen LogP contribution in [0, 0.1) is 6.42 Å². The fraction of sp³-hybridized carbons (Fsp3) is 0.0659. The second kappa shape index (κ2) is 27.6. The molecule has 0 saturated heterocycles. The molecule has 0 bridgehead atoms. The van der Waals surface area contributed by atoms with Crippen LogP contribution in [-0.2, 0) is 0 Å². The minimum absolute atomic E-state index is 0.000393. The van der Waals surface area contributed by atoms with E-state index in [1.807, 2.05) is 0 Å². The molecule has 0 N–H and O–H groups in total. The van der Waals surface area contributed by atoms with Crippen molar-refractivity contribution in [3.8, 4) is 0 Å². The Morgan fingerprint density at radius 3 is 0.330 bits per heavy atom. The topological polar surface area (TPSA) is 0 Å². The third-order valence-electron chi connectivity index (χ3n) is 18.3. The van der Waals surface area contributed by atoms with Gasteiger partial charge in [0.2, 0.25) is 0 Å². The van der Waals surface area contributed by atoms with Gasteiger partial charge >= 0.3 is 0 Å². The summed E-state index contributed by atoms with van der Waals surface area (Å²) in [5, 5.41) is 0. The van der Waals surface area contributed by atoms with Crippen molar-refractivity contribution in [2.45, 2.75) is 35.5 Å². The molecule has 0 unspecified atom stereocenters. The molecule has 0 aliphatic carbocycles. The molecule has 14 aromatic rings. The molecule has 0 amide bonds. The first-order valence-corrected chi connectivity index (χ1v) is 32.0. The third kappa shape index (κ3) is 13.1. The summed E-state index contributed by atoms with van der Waals surface area (Å²) in [7, 11) is 0. The van der Waals surface area contributed by atoms with Crippen molar-refractivity contribution in [3.63, 3.8) is 0 Å². The monoisotopic (exact) mass is 1160 g/mol. The average Bonchev–Trinajstić information content (AvgIpc) is 1.64. The Kier molecular flexibility index (Phi) is 17.5. The fourth-order valence-corrected chi connectivity index (χ4v) is 13.9. The van der Waals surface area contributed by atoms with Crippen molar-refractivity contribution in [1.82, 2.24) is 0 Å². The highest BCUT2D eigenvalue weighted by Gasteiger charge is 2.26. The molecule has 14 rings (SSSR count). The zero-order valence-corrected chi connectivity index (χ0v) is 51.0. The Balaban J connectivity index is 0.783. The van der Waals surface area contributed by atoms with Crippen molar-refractivity contribution >= 4 is 0 Å². The fourth-order valence-electron chi connectivity index (χ4n) is 13.9. The van der Waals surface area contributed by atoms with Crippen LogP contribution < -0.4 is 0 Å². The Hall–Kier alpha value is -11.1. The lowest BCUT2D eigenvalue weighted by Crippen LogP contribution is -2.08. The van der Waals surface area contributed by atoms with Gasteiger partial charge in [0.05, 0.1) is 11.1 Å². The normalized spacial score (nSPS) is 11.5. The van der Waals surface area contributed by atoms with Gasteiger partial charge in [0.25, 0.3) is 0 Å². The largest absolute Gasteiger partial charge is 0.0725 e. The number of benzene rings is 14. The van der Waals surface area contributed by atoms with E-state index in [1.54, 1.807) is 0 Å². The van der Waals surface area contributed by atoms with Crippen LogP contribution in [0.4, 0.5) is 0 Å². The van der Waals surface area contributed by atoms with E-state index in [0.717, 1.165) is 11.1 Å². The molecule has 0 atom stereocenters. The predicted octanol–water partition coefficient (Wildman–Crippen LogP) is 22.4. The highest BCUT2D eigenvalue weighted by Crippen LogP contribution is 2.41. The zero-order valence-electron chi connectivity index (χ0n) is 51.0. The van der Waals surface area contributed by atoms with Crippen LogP contribution in [0.5, 0.6) is 0 Å². The maximum absolute atomic E-state index is 2.36. The molecule has 0 heteroatoms. The molecule has 0 fully saturated rings. The molecular weight excluding hydrogens is 1090 g/mol. The molecule has 0 aromatic heterocycles. The van der Waals surface area contributed by atoms with Gasteiger partial charge in [-0.15, -0.1) is 0 Å². The molecule has 0 aliphatic rings. The van der Waals surface area contributed by atoms with Crippen LogP contribution in [0.1, 0.15) is 147 Å². The number of hydrogen-bond donors (Lipinski definition) is 0. The lowest BCUT2D eigenvalue weighted by atomic mass is 9.80. The molecule has 91 heavy (non-hydrogen) atoms. The van der Waals surface area contributed by atoms with E-state index < -0.39 is 0 Å². The Morgan fingerprint density at radius 2 is 0.209 bits per heavy atom. The summed E-state index contributed by atoms with van der Waals surface area (Å²) >= 11 is 0. The number of hydrogen-bond acceptors (Lipinski definition) is 0. The summed E-state index contributed by atoms with van der Waals surface area (Å²) in [4.78, 5) is 0. The van der Waals surface area contributed by atoms with E-state index in [4.69, 9.17) is 0 Å². The van der Waals surface area contributed by atoms with E-state index in [0.29, 0.717) is 0 Å². The van der Waals surface area contributed by atoms with Crippen LogP contribution in [0.3, 0.4) is 0 Å². The Labute approximate surface area is 538 Å². The van der Waals surface area contributed by atoms with Crippen molar-refractivity contribution in [2.24, 2.45) is 0 Å². The molecule has 14 aromatic carbocycles. The van der Waals surface area contributed by atoms with E-state index >= 15 is 0 Å². The molecule has 0 radical (unpaired) electrons. The van der Waals surface area contributed by atoms with Crippen molar-refractivity contribution in [2.75, 3.05) is 0 Å². The van der Waals surface area contributed by atoms with Gasteiger partial charge < -0.3 is 0 Å². The van der Waals surface area contributed by atoms with Crippen LogP contribution >= 0.6 is 0 Å².